The minimum Gasteiger partial charge on any atom is -0.478 e. The molecule has 0 unspecified atom stereocenters. The molecule has 12 nitrogen and oxygen atoms in total. The maximum atomic E-state index is 13.0. The predicted octanol–water partition coefficient (Wildman–Crippen LogP) is 5.71. The molecule has 0 aliphatic carbocycles. The van der Waals surface area contributed by atoms with Crippen molar-refractivity contribution in [3.8, 4) is 22.4 Å². The fourth-order valence-corrected chi connectivity index (χ4v) is 4.43. The van der Waals surface area contributed by atoms with Crippen LogP contribution in [0.25, 0.3) is 28.2 Å². The number of alkyl carbamates (subject to hydrolysis) is 1. The number of imidazole rings is 1. The van der Waals surface area contributed by atoms with Crippen molar-refractivity contribution in [2.24, 2.45) is 0 Å². The highest BCUT2D eigenvalue weighted by molar-refractivity contribution is 5.88. The zero-order chi connectivity index (χ0) is 32.9. The average molecular weight is 618 g/mol. The van der Waals surface area contributed by atoms with E-state index in [1.165, 1.54) is 12.1 Å². The van der Waals surface area contributed by atoms with Gasteiger partial charge in [0, 0.05) is 37.6 Å². The SMILES string of the molecule is CC(C)(C)OC(=O)NCCCN(Cc1ccc(-c2cn3cc(-c4ccc(C(=O)O)cc4)nc3[nH]c2=O)cc1)C(=O)OC(C)(C)C. The molecule has 0 spiro atoms. The number of aromatic nitrogens is 3. The van der Waals surface area contributed by atoms with Gasteiger partial charge in [-0.2, -0.15) is 0 Å². The molecule has 12 heteroatoms. The Morgan fingerprint density at radius 2 is 1.53 bits per heavy atom. The number of carboxylic acid groups (broad SMARTS) is 1. The molecule has 0 fully saturated rings. The first-order valence-electron chi connectivity index (χ1n) is 14.6. The molecular weight excluding hydrogens is 578 g/mol. The summed E-state index contributed by atoms with van der Waals surface area (Å²) in [6, 6.07) is 13.7. The van der Waals surface area contributed by atoms with Gasteiger partial charge in [-0.05, 0) is 71.2 Å². The molecule has 2 aromatic carbocycles. The Morgan fingerprint density at radius 1 is 0.911 bits per heavy atom. The maximum absolute atomic E-state index is 13.0. The van der Waals surface area contributed by atoms with Gasteiger partial charge in [0.25, 0.3) is 5.56 Å². The summed E-state index contributed by atoms with van der Waals surface area (Å²) in [6.45, 7) is 11.7. The Hall–Kier alpha value is -5.13. The fourth-order valence-electron chi connectivity index (χ4n) is 4.43. The highest BCUT2D eigenvalue weighted by atomic mass is 16.6. The van der Waals surface area contributed by atoms with Gasteiger partial charge >= 0.3 is 18.2 Å². The van der Waals surface area contributed by atoms with E-state index < -0.39 is 29.4 Å². The lowest BCUT2D eigenvalue weighted by Gasteiger charge is -2.27. The molecule has 0 aliphatic heterocycles. The normalized spacial score (nSPS) is 11.7. The second-order valence-corrected chi connectivity index (χ2v) is 12.6. The van der Waals surface area contributed by atoms with E-state index in [1.54, 1.807) is 75.4 Å². The predicted molar refractivity (Wildman–Crippen MR) is 169 cm³/mol. The summed E-state index contributed by atoms with van der Waals surface area (Å²) in [7, 11) is 0. The van der Waals surface area contributed by atoms with E-state index >= 15 is 0 Å². The van der Waals surface area contributed by atoms with E-state index in [2.05, 4.69) is 15.3 Å². The lowest BCUT2D eigenvalue weighted by Crippen LogP contribution is -2.38. The van der Waals surface area contributed by atoms with Crippen molar-refractivity contribution in [3.63, 3.8) is 0 Å². The fraction of sp³-hybridized carbons (Fsp3) is 0.364. The van der Waals surface area contributed by atoms with Crippen molar-refractivity contribution in [2.45, 2.75) is 65.7 Å². The number of nitrogens with one attached hydrogen (secondary N) is 2. The molecule has 45 heavy (non-hydrogen) atoms. The van der Waals surface area contributed by atoms with Crippen LogP contribution >= 0.6 is 0 Å². The minimum atomic E-state index is -1.01. The van der Waals surface area contributed by atoms with Crippen LogP contribution in [0.1, 0.15) is 63.9 Å². The molecule has 4 aromatic rings. The van der Waals surface area contributed by atoms with Gasteiger partial charge in [0.1, 0.15) is 11.2 Å². The van der Waals surface area contributed by atoms with E-state index in [1.807, 2.05) is 24.3 Å². The molecule has 2 aromatic heterocycles. The van der Waals surface area contributed by atoms with E-state index in [9.17, 15) is 19.2 Å². The van der Waals surface area contributed by atoms with Crippen LogP contribution in [0.15, 0.2) is 65.7 Å². The number of rotatable bonds is 9. The number of amides is 2. The number of benzene rings is 2. The summed E-state index contributed by atoms with van der Waals surface area (Å²) in [5.41, 5.74) is 1.80. The summed E-state index contributed by atoms with van der Waals surface area (Å²) < 4.78 is 12.6. The topological polar surface area (TPSA) is 155 Å². The summed E-state index contributed by atoms with van der Waals surface area (Å²) in [6.07, 6.45) is 2.95. The Bertz CT molecular complexity index is 1730. The first-order chi connectivity index (χ1) is 21.1. The Morgan fingerprint density at radius 3 is 2.13 bits per heavy atom. The summed E-state index contributed by atoms with van der Waals surface area (Å²) in [4.78, 5) is 58.0. The van der Waals surface area contributed by atoms with Crippen LogP contribution in [-0.4, -0.2) is 66.8 Å². The number of aromatic amines is 1. The zero-order valence-electron chi connectivity index (χ0n) is 26.3. The number of hydrogen-bond donors (Lipinski definition) is 3. The van der Waals surface area contributed by atoms with Crippen LogP contribution < -0.4 is 10.9 Å². The molecule has 4 rings (SSSR count). The lowest BCUT2D eigenvalue weighted by atomic mass is 10.1. The van der Waals surface area contributed by atoms with Crippen molar-refractivity contribution in [1.82, 2.24) is 24.6 Å². The van der Waals surface area contributed by atoms with Gasteiger partial charge in [-0.25, -0.2) is 19.4 Å². The van der Waals surface area contributed by atoms with Crippen molar-refractivity contribution in [2.75, 3.05) is 13.1 Å². The zero-order valence-corrected chi connectivity index (χ0v) is 26.3. The van der Waals surface area contributed by atoms with Gasteiger partial charge in [-0.1, -0.05) is 36.4 Å². The molecule has 2 heterocycles. The second kappa shape index (κ2) is 13.2. The first kappa shape index (κ1) is 32.8. The number of H-pyrrole nitrogens is 1. The van der Waals surface area contributed by atoms with Crippen LogP contribution in [0.4, 0.5) is 9.59 Å². The molecule has 3 N–H and O–H groups in total. The van der Waals surface area contributed by atoms with Gasteiger partial charge in [-0.3, -0.25) is 14.2 Å². The number of carbonyl (C=O) groups excluding carboxylic acids is 2. The van der Waals surface area contributed by atoms with Gasteiger partial charge in [0.05, 0.1) is 16.8 Å². The van der Waals surface area contributed by atoms with Gasteiger partial charge in [0.2, 0.25) is 5.78 Å². The molecule has 0 saturated heterocycles. The number of carbonyl (C=O) groups is 3. The number of carboxylic acids is 1. The van der Waals surface area contributed by atoms with Gasteiger partial charge < -0.3 is 24.8 Å². The van der Waals surface area contributed by atoms with Gasteiger partial charge in [-0.15, -0.1) is 0 Å². The second-order valence-electron chi connectivity index (χ2n) is 12.6. The van der Waals surface area contributed by atoms with Crippen LogP contribution in [0.5, 0.6) is 0 Å². The largest absolute Gasteiger partial charge is 0.478 e. The highest BCUT2D eigenvalue weighted by Crippen LogP contribution is 2.22. The van der Waals surface area contributed by atoms with E-state index in [4.69, 9.17) is 14.6 Å². The van der Waals surface area contributed by atoms with E-state index in [-0.39, 0.29) is 17.7 Å². The van der Waals surface area contributed by atoms with Crippen molar-refractivity contribution in [3.05, 3.63) is 82.4 Å². The van der Waals surface area contributed by atoms with Gasteiger partial charge in [0.15, 0.2) is 0 Å². The molecule has 0 bridgehead atoms. The molecule has 0 aliphatic rings. The monoisotopic (exact) mass is 617 g/mol. The first-order valence-corrected chi connectivity index (χ1v) is 14.6. The number of fused-ring (bicyclic) bond motifs is 1. The summed E-state index contributed by atoms with van der Waals surface area (Å²) in [5, 5.41) is 11.9. The molecule has 0 radical (unpaired) electrons. The Balaban J connectivity index is 1.47. The molecule has 0 saturated carbocycles. The minimum absolute atomic E-state index is 0.172. The lowest BCUT2D eigenvalue weighted by molar-refractivity contribution is 0.0231. The quantitative estimate of drug-likeness (QED) is 0.202. The Kier molecular flexibility index (Phi) is 9.65. The standard InChI is InChI=1S/C33H39N5O7/c1-32(2,3)44-30(42)34-16-7-17-37(31(43)45-33(4,5)6)18-21-8-10-22(11-9-21)25-19-38-20-26(35-29(38)36-27(25)39)23-12-14-24(15-13-23)28(40)41/h8-15,19-20H,7,16-18H2,1-6H3,(H,34,42)(H,40,41)(H,35,36,39). The van der Waals surface area contributed by atoms with Crippen LogP contribution in [-0.2, 0) is 16.0 Å². The van der Waals surface area contributed by atoms with Crippen molar-refractivity contribution < 1.29 is 29.0 Å². The smallest absolute Gasteiger partial charge is 0.410 e. The third kappa shape index (κ3) is 9.18. The molecular formula is C33H39N5O7. The molecule has 238 valence electrons. The number of nitrogens with zero attached hydrogens (tertiary/aromatic N) is 3. The summed E-state index contributed by atoms with van der Waals surface area (Å²) >= 11 is 0. The summed E-state index contributed by atoms with van der Waals surface area (Å²) in [5.74, 6) is -0.659. The average Bonchev–Trinajstić information content (AvgIpc) is 3.35. The maximum Gasteiger partial charge on any atom is 0.410 e. The van der Waals surface area contributed by atoms with Crippen LogP contribution in [0.2, 0.25) is 0 Å². The molecule has 0 atom stereocenters. The third-order valence-electron chi connectivity index (χ3n) is 6.46. The van der Waals surface area contributed by atoms with Crippen LogP contribution in [0.3, 0.4) is 0 Å². The van der Waals surface area contributed by atoms with E-state index in [0.717, 1.165) is 5.56 Å². The Labute approximate surface area is 261 Å². The van der Waals surface area contributed by atoms with Crippen molar-refractivity contribution >= 4 is 23.9 Å². The van der Waals surface area contributed by atoms with Crippen LogP contribution in [0, 0.1) is 0 Å². The number of ether oxygens (including phenoxy) is 2. The molecule has 2 amide bonds. The van der Waals surface area contributed by atoms with E-state index in [0.29, 0.717) is 47.7 Å². The number of hydrogen-bond acceptors (Lipinski definition) is 7. The van der Waals surface area contributed by atoms with Crippen molar-refractivity contribution in [1.29, 1.82) is 0 Å². The number of aromatic carboxylic acids is 1. The third-order valence-corrected chi connectivity index (χ3v) is 6.46. The highest BCUT2D eigenvalue weighted by Gasteiger charge is 2.23.